The number of halogens is 3. The molecule has 3 N–H and O–H groups in total. The molecule has 90 valence electrons. The molecule has 0 saturated heterocycles. The van der Waals surface area contributed by atoms with Crippen molar-refractivity contribution >= 4 is 5.69 Å². The van der Waals surface area contributed by atoms with Gasteiger partial charge in [-0.05, 0) is 24.6 Å². The molecule has 1 saturated carbocycles. The third-order valence-electron chi connectivity index (χ3n) is 2.65. The van der Waals surface area contributed by atoms with Crippen LogP contribution in [0.25, 0.3) is 0 Å². The Morgan fingerprint density at radius 1 is 1.41 bits per heavy atom. The lowest BCUT2D eigenvalue weighted by molar-refractivity contribution is -0.137. The minimum atomic E-state index is -4.43. The topological polar surface area (TPSA) is 61.8 Å². The molecule has 3 nitrogen and oxygen atoms in total. The van der Waals surface area contributed by atoms with Crippen molar-refractivity contribution in [3.8, 4) is 6.07 Å². The Morgan fingerprint density at radius 2 is 2.06 bits per heavy atom. The number of alkyl halides is 3. The molecule has 17 heavy (non-hydrogen) atoms. The summed E-state index contributed by atoms with van der Waals surface area (Å²) in [5.74, 6) is 0. The number of nitrogens with zero attached hydrogens (tertiary/aromatic N) is 1. The van der Waals surface area contributed by atoms with Crippen molar-refractivity contribution in [2.24, 2.45) is 5.73 Å². The second-order valence-electron chi connectivity index (χ2n) is 4.02. The quantitative estimate of drug-likeness (QED) is 0.833. The Bertz CT molecular complexity index is 476. The molecule has 1 aromatic carbocycles. The lowest BCUT2D eigenvalue weighted by Crippen LogP contribution is -2.14. The highest BCUT2D eigenvalue weighted by Gasteiger charge is 2.35. The molecule has 0 radical (unpaired) electrons. The number of nitriles is 1. The summed E-state index contributed by atoms with van der Waals surface area (Å²) in [5, 5.41) is 11.8. The maximum atomic E-state index is 12.4. The van der Waals surface area contributed by atoms with Crippen molar-refractivity contribution in [1.29, 1.82) is 5.26 Å². The van der Waals surface area contributed by atoms with Crippen LogP contribution in [0.15, 0.2) is 18.2 Å². The molecule has 1 aromatic rings. The van der Waals surface area contributed by atoms with Gasteiger partial charge in [-0.2, -0.15) is 18.4 Å². The summed E-state index contributed by atoms with van der Waals surface area (Å²) in [6.45, 7) is 0. The number of rotatable bonds is 2. The fourth-order valence-corrected chi connectivity index (χ4v) is 1.52. The van der Waals surface area contributed by atoms with E-state index in [1.165, 1.54) is 6.07 Å². The van der Waals surface area contributed by atoms with Crippen LogP contribution in [0.3, 0.4) is 0 Å². The summed E-state index contributed by atoms with van der Waals surface area (Å²) in [6, 6.07) is 4.89. The lowest BCUT2D eigenvalue weighted by Gasteiger charge is -2.11. The van der Waals surface area contributed by atoms with Crippen LogP contribution in [0, 0.1) is 11.3 Å². The third kappa shape index (κ3) is 2.50. The maximum absolute atomic E-state index is 12.4. The standard InChI is InChI=1S/C11H10F3N3/c12-11(13,14)7-1-2-9(6(3-7)5-15)17-10-4-8(10)16/h1-3,8,10,17H,4,16H2. The van der Waals surface area contributed by atoms with Gasteiger partial charge in [-0.15, -0.1) is 0 Å². The van der Waals surface area contributed by atoms with Gasteiger partial charge in [0.25, 0.3) is 0 Å². The van der Waals surface area contributed by atoms with Gasteiger partial charge in [-0.3, -0.25) is 0 Å². The molecule has 0 amide bonds. The Labute approximate surface area is 96.0 Å². The minimum Gasteiger partial charge on any atom is -0.380 e. The number of hydrogen-bond donors (Lipinski definition) is 2. The summed E-state index contributed by atoms with van der Waals surface area (Å²) in [4.78, 5) is 0. The molecule has 1 fully saturated rings. The van der Waals surface area contributed by atoms with Gasteiger partial charge >= 0.3 is 6.18 Å². The van der Waals surface area contributed by atoms with E-state index in [1.54, 1.807) is 6.07 Å². The van der Waals surface area contributed by atoms with Crippen LogP contribution in [0.2, 0.25) is 0 Å². The molecule has 1 aliphatic carbocycles. The van der Waals surface area contributed by atoms with Gasteiger partial charge in [0.1, 0.15) is 6.07 Å². The average Bonchev–Trinajstić information content (AvgIpc) is 2.93. The number of nitrogens with one attached hydrogen (secondary N) is 1. The Hall–Kier alpha value is -1.74. The molecule has 0 bridgehead atoms. The van der Waals surface area contributed by atoms with Crippen LogP contribution in [0.5, 0.6) is 0 Å². The van der Waals surface area contributed by atoms with Crippen molar-refractivity contribution in [1.82, 2.24) is 0 Å². The highest BCUT2D eigenvalue weighted by molar-refractivity contribution is 5.60. The monoisotopic (exact) mass is 241 g/mol. The average molecular weight is 241 g/mol. The predicted octanol–water partition coefficient (Wildman–Crippen LogP) is 2.09. The summed E-state index contributed by atoms with van der Waals surface area (Å²) in [5.41, 5.74) is 5.15. The molecule has 2 rings (SSSR count). The van der Waals surface area contributed by atoms with Gasteiger partial charge in [0.2, 0.25) is 0 Å². The van der Waals surface area contributed by atoms with E-state index in [0.29, 0.717) is 5.69 Å². The first kappa shape index (κ1) is 11.7. The van der Waals surface area contributed by atoms with Gasteiger partial charge in [0.15, 0.2) is 0 Å². The Kier molecular flexibility index (Phi) is 2.71. The third-order valence-corrected chi connectivity index (χ3v) is 2.65. The van der Waals surface area contributed by atoms with Crippen LogP contribution in [0.1, 0.15) is 17.5 Å². The van der Waals surface area contributed by atoms with Crippen LogP contribution in [-0.4, -0.2) is 12.1 Å². The number of anilines is 1. The SMILES string of the molecule is N#Cc1cc(C(F)(F)F)ccc1NC1CC1N. The van der Waals surface area contributed by atoms with E-state index in [-0.39, 0.29) is 17.6 Å². The normalized spacial score (nSPS) is 23.0. The van der Waals surface area contributed by atoms with Crippen molar-refractivity contribution < 1.29 is 13.2 Å². The number of benzene rings is 1. The Morgan fingerprint density at radius 3 is 2.53 bits per heavy atom. The van der Waals surface area contributed by atoms with Gasteiger partial charge in [0.05, 0.1) is 16.8 Å². The van der Waals surface area contributed by atoms with Crippen LogP contribution >= 0.6 is 0 Å². The predicted molar refractivity (Wildman–Crippen MR) is 56.2 cm³/mol. The summed E-state index contributed by atoms with van der Waals surface area (Å²) < 4.78 is 37.3. The van der Waals surface area contributed by atoms with Crippen LogP contribution in [0.4, 0.5) is 18.9 Å². The molecule has 2 atom stereocenters. The van der Waals surface area contributed by atoms with Crippen LogP contribution < -0.4 is 11.1 Å². The van der Waals surface area contributed by atoms with Crippen molar-refractivity contribution in [3.63, 3.8) is 0 Å². The first-order valence-electron chi connectivity index (χ1n) is 5.05. The largest absolute Gasteiger partial charge is 0.416 e. The number of hydrogen-bond acceptors (Lipinski definition) is 3. The van der Waals surface area contributed by atoms with Crippen molar-refractivity contribution in [3.05, 3.63) is 29.3 Å². The van der Waals surface area contributed by atoms with E-state index in [9.17, 15) is 13.2 Å². The molecule has 1 aliphatic rings. The molecule has 0 aromatic heterocycles. The minimum absolute atomic E-state index is 0.0149. The van der Waals surface area contributed by atoms with Crippen molar-refractivity contribution in [2.75, 3.05) is 5.32 Å². The van der Waals surface area contributed by atoms with E-state index >= 15 is 0 Å². The first-order valence-corrected chi connectivity index (χ1v) is 5.05. The highest BCUT2D eigenvalue weighted by Crippen LogP contribution is 2.33. The van der Waals surface area contributed by atoms with E-state index in [0.717, 1.165) is 18.6 Å². The molecular formula is C11H10F3N3. The first-order chi connectivity index (χ1) is 7.91. The molecule has 6 heteroatoms. The van der Waals surface area contributed by atoms with E-state index < -0.39 is 11.7 Å². The zero-order valence-electron chi connectivity index (χ0n) is 8.75. The zero-order valence-corrected chi connectivity index (χ0v) is 8.75. The fraction of sp³-hybridized carbons (Fsp3) is 0.364. The zero-order chi connectivity index (χ0) is 12.6. The molecule has 0 heterocycles. The maximum Gasteiger partial charge on any atom is 0.416 e. The van der Waals surface area contributed by atoms with Gasteiger partial charge in [0, 0.05) is 12.1 Å². The Balaban J connectivity index is 2.26. The van der Waals surface area contributed by atoms with Crippen molar-refractivity contribution in [2.45, 2.75) is 24.7 Å². The van der Waals surface area contributed by atoms with Gasteiger partial charge < -0.3 is 11.1 Å². The van der Waals surface area contributed by atoms with Gasteiger partial charge in [-0.1, -0.05) is 0 Å². The summed E-state index contributed by atoms with van der Waals surface area (Å²) >= 11 is 0. The molecule has 0 spiro atoms. The molecule has 2 unspecified atom stereocenters. The van der Waals surface area contributed by atoms with E-state index in [4.69, 9.17) is 11.0 Å². The van der Waals surface area contributed by atoms with E-state index in [1.807, 2.05) is 0 Å². The lowest BCUT2D eigenvalue weighted by atomic mass is 10.1. The summed E-state index contributed by atoms with van der Waals surface area (Å²) in [6.07, 6.45) is -3.66. The molecule has 0 aliphatic heterocycles. The second kappa shape index (κ2) is 3.93. The van der Waals surface area contributed by atoms with Crippen LogP contribution in [-0.2, 0) is 6.18 Å². The summed E-state index contributed by atoms with van der Waals surface area (Å²) in [7, 11) is 0. The smallest absolute Gasteiger partial charge is 0.380 e. The molecular weight excluding hydrogens is 231 g/mol. The number of nitrogens with two attached hydrogens (primary N) is 1. The van der Waals surface area contributed by atoms with E-state index in [2.05, 4.69) is 5.32 Å². The van der Waals surface area contributed by atoms with Gasteiger partial charge in [-0.25, -0.2) is 0 Å². The highest BCUT2D eigenvalue weighted by atomic mass is 19.4. The fourth-order valence-electron chi connectivity index (χ4n) is 1.52. The second-order valence-corrected chi connectivity index (χ2v) is 4.02.